The van der Waals surface area contributed by atoms with Gasteiger partial charge >= 0.3 is 0 Å². The summed E-state index contributed by atoms with van der Waals surface area (Å²) < 4.78 is 0. The normalized spacial score (nSPS) is 14.1. The van der Waals surface area contributed by atoms with E-state index in [4.69, 9.17) is 0 Å². The van der Waals surface area contributed by atoms with Crippen LogP contribution in [0.4, 0.5) is 5.82 Å². The largest absolute Gasteiger partial charge is 0.357 e. The van der Waals surface area contributed by atoms with Crippen molar-refractivity contribution >= 4 is 23.5 Å². The Morgan fingerprint density at radius 2 is 1.96 bits per heavy atom. The third-order valence-electron chi connectivity index (χ3n) is 4.19. The number of hydrogen-bond acceptors (Lipinski definition) is 4. The van der Waals surface area contributed by atoms with Gasteiger partial charge in [-0.15, -0.1) is 11.8 Å². The number of anilines is 1. The van der Waals surface area contributed by atoms with Gasteiger partial charge in [0.15, 0.2) is 0 Å². The van der Waals surface area contributed by atoms with Crippen molar-refractivity contribution in [1.82, 2.24) is 10.3 Å². The highest BCUT2D eigenvalue weighted by atomic mass is 32.2. The first-order valence-corrected chi connectivity index (χ1v) is 9.75. The summed E-state index contributed by atoms with van der Waals surface area (Å²) in [6, 6.07) is 11.9. The van der Waals surface area contributed by atoms with E-state index < -0.39 is 0 Å². The van der Waals surface area contributed by atoms with E-state index in [2.05, 4.69) is 41.2 Å². The molecule has 1 aliphatic rings. The SMILES string of the molecule is CC(C)Sc1ccccc1C(=O)NCc1ccc(N2CCCC2)nc1. The fourth-order valence-corrected chi connectivity index (χ4v) is 3.90. The fourth-order valence-electron chi connectivity index (χ4n) is 2.94. The van der Waals surface area contributed by atoms with Crippen molar-refractivity contribution in [2.75, 3.05) is 18.0 Å². The molecule has 4 nitrogen and oxygen atoms in total. The maximum absolute atomic E-state index is 12.5. The predicted octanol–water partition coefficient (Wildman–Crippen LogP) is 4.11. The first-order valence-electron chi connectivity index (χ1n) is 8.87. The van der Waals surface area contributed by atoms with E-state index in [1.807, 2.05) is 30.5 Å². The summed E-state index contributed by atoms with van der Waals surface area (Å²) in [6.45, 7) is 6.94. The quantitative estimate of drug-likeness (QED) is 0.792. The number of pyridine rings is 1. The molecule has 3 rings (SSSR count). The summed E-state index contributed by atoms with van der Waals surface area (Å²) in [5, 5.41) is 3.45. The lowest BCUT2D eigenvalue weighted by Crippen LogP contribution is -2.24. The molecule has 0 atom stereocenters. The first-order chi connectivity index (χ1) is 12.1. The van der Waals surface area contributed by atoms with E-state index in [0.29, 0.717) is 11.8 Å². The Morgan fingerprint density at radius 3 is 2.64 bits per heavy atom. The van der Waals surface area contributed by atoms with Crippen LogP contribution in [0.25, 0.3) is 0 Å². The highest BCUT2D eigenvalue weighted by molar-refractivity contribution is 8.00. The molecule has 2 heterocycles. The second-order valence-corrected chi connectivity index (χ2v) is 8.18. The van der Waals surface area contributed by atoms with Gasteiger partial charge in [0.2, 0.25) is 0 Å². The summed E-state index contributed by atoms with van der Waals surface area (Å²) >= 11 is 1.71. The van der Waals surface area contributed by atoms with Gasteiger partial charge in [0.05, 0.1) is 5.56 Å². The average molecular weight is 356 g/mol. The average Bonchev–Trinajstić information content (AvgIpc) is 3.15. The van der Waals surface area contributed by atoms with Crippen LogP contribution < -0.4 is 10.2 Å². The molecular weight excluding hydrogens is 330 g/mol. The summed E-state index contributed by atoms with van der Waals surface area (Å²) in [7, 11) is 0. The number of aromatic nitrogens is 1. The van der Waals surface area contributed by atoms with E-state index in [-0.39, 0.29) is 5.91 Å². The molecule has 0 aliphatic carbocycles. The Bertz CT molecular complexity index is 709. The minimum absolute atomic E-state index is 0.0348. The molecule has 1 aromatic carbocycles. The second-order valence-electron chi connectivity index (χ2n) is 6.56. The van der Waals surface area contributed by atoms with Crippen LogP contribution in [0.2, 0.25) is 0 Å². The van der Waals surface area contributed by atoms with Crippen LogP contribution in [-0.4, -0.2) is 29.2 Å². The van der Waals surface area contributed by atoms with Crippen LogP contribution >= 0.6 is 11.8 Å². The lowest BCUT2D eigenvalue weighted by atomic mass is 10.2. The molecule has 0 bridgehead atoms. The molecule has 0 radical (unpaired) electrons. The van der Waals surface area contributed by atoms with Crippen molar-refractivity contribution in [2.45, 2.75) is 43.4 Å². The molecule has 1 aliphatic heterocycles. The topological polar surface area (TPSA) is 45.2 Å². The molecule has 1 fully saturated rings. The van der Waals surface area contributed by atoms with Crippen molar-refractivity contribution in [1.29, 1.82) is 0 Å². The van der Waals surface area contributed by atoms with E-state index in [0.717, 1.165) is 34.9 Å². The Kier molecular flexibility index (Phi) is 5.97. The van der Waals surface area contributed by atoms with Gasteiger partial charge in [-0.25, -0.2) is 4.98 Å². The summed E-state index contributed by atoms with van der Waals surface area (Å²) in [4.78, 5) is 20.4. The molecule has 1 saturated heterocycles. The maximum atomic E-state index is 12.5. The van der Waals surface area contributed by atoms with Crippen molar-refractivity contribution in [2.24, 2.45) is 0 Å². The minimum atomic E-state index is -0.0348. The van der Waals surface area contributed by atoms with E-state index in [1.54, 1.807) is 11.8 Å². The van der Waals surface area contributed by atoms with Gasteiger partial charge < -0.3 is 10.2 Å². The Morgan fingerprint density at radius 1 is 1.20 bits per heavy atom. The first kappa shape index (κ1) is 17.8. The Balaban J connectivity index is 1.60. The van der Waals surface area contributed by atoms with Crippen LogP contribution in [0, 0.1) is 0 Å². The molecule has 2 aromatic rings. The van der Waals surface area contributed by atoms with Crippen molar-refractivity contribution in [3.8, 4) is 0 Å². The number of rotatable bonds is 6. The van der Waals surface area contributed by atoms with Crippen LogP contribution in [0.3, 0.4) is 0 Å². The molecule has 0 unspecified atom stereocenters. The molecule has 1 aromatic heterocycles. The molecule has 5 heteroatoms. The van der Waals surface area contributed by atoms with Crippen LogP contribution in [-0.2, 0) is 6.54 Å². The highest BCUT2D eigenvalue weighted by Crippen LogP contribution is 2.26. The van der Waals surface area contributed by atoms with Crippen molar-refractivity contribution < 1.29 is 4.79 Å². The third-order valence-corrected chi connectivity index (χ3v) is 5.27. The zero-order valence-electron chi connectivity index (χ0n) is 14.9. The fraction of sp³-hybridized carbons (Fsp3) is 0.400. The molecule has 0 saturated carbocycles. The predicted molar refractivity (Wildman–Crippen MR) is 104 cm³/mol. The smallest absolute Gasteiger partial charge is 0.252 e. The van der Waals surface area contributed by atoms with E-state index in [9.17, 15) is 4.79 Å². The van der Waals surface area contributed by atoms with E-state index >= 15 is 0 Å². The monoisotopic (exact) mass is 355 g/mol. The molecular formula is C20H25N3OS. The van der Waals surface area contributed by atoms with Crippen LogP contribution in [0.5, 0.6) is 0 Å². The molecule has 132 valence electrons. The van der Waals surface area contributed by atoms with Crippen molar-refractivity contribution in [3.63, 3.8) is 0 Å². The van der Waals surface area contributed by atoms with Crippen LogP contribution in [0.15, 0.2) is 47.5 Å². The van der Waals surface area contributed by atoms with E-state index in [1.165, 1.54) is 12.8 Å². The third kappa shape index (κ3) is 4.75. The van der Waals surface area contributed by atoms with Gasteiger partial charge in [-0.3, -0.25) is 4.79 Å². The second kappa shape index (κ2) is 8.39. The van der Waals surface area contributed by atoms with Gasteiger partial charge in [0.1, 0.15) is 5.82 Å². The maximum Gasteiger partial charge on any atom is 0.252 e. The number of benzene rings is 1. The summed E-state index contributed by atoms with van der Waals surface area (Å²) in [5.74, 6) is 0.999. The van der Waals surface area contributed by atoms with Crippen LogP contribution in [0.1, 0.15) is 42.6 Å². The van der Waals surface area contributed by atoms with Gasteiger partial charge in [0, 0.05) is 36.0 Å². The number of nitrogens with zero attached hydrogens (tertiary/aromatic N) is 2. The molecule has 0 spiro atoms. The summed E-state index contributed by atoms with van der Waals surface area (Å²) in [5.41, 5.74) is 1.76. The number of nitrogens with one attached hydrogen (secondary N) is 1. The summed E-state index contributed by atoms with van der Waals surface area (Å²) in [6.07, 6.45) is 4.35. The van der Waals surface area contributed by atoms with Gasteiger partial charge in [-0.05, 0) is 36.6 Å². The zero-order chi connectivity index (χ0) is 17.6. The van der Waals surface area contributed by atoms with Gasteiger partial charge in [0.25, 0.3) is 5.91 Å². The Hall–Kier alpha value is -2.01. The number of carbonyl (C=O) groups is 1. The van der Waals surface area contributed by atoms with Gasteiger partial charge in [-0.1, -0.05) is 32.0 Å². The van der Waals surface area contributed by atoms with Gasteiger partial charge in [-0.2, -0.15) is 0 Å². The number of amides is 1. The molecule has 25 heavy (non-hydrogen) atoms. The number of thioether (sulfide) groups is 1. The highest BCUT2D eigenvalue weighted by Gasteiger charge is 2.14. The lowest BCUT2D eigenvalue weighted by Gasteiger charge is -2.16. The standard InChI is InChI=1S/C20H25N3OS/c1-15(2)25-18-8-4-3-7-17(18)20(24)22-14-16-9-10-19(21-13-16)23-11-5-6-12-23/h3-4,7-10,13,15H,5-6,11-12,14H2,1-2H3,(H,22,24). The Labute approximate surface area is 154 Å². The zero-order valence-corrected chi connectivity index (χ0v) is 15.7. The minimum Gasteiger partial charge on any atom is -0.357 e. The molecule has 1 N–H and O–H groups in total. The molecule has 1 amide bonds. The number of hydrogen-bond donors (Lipinski definition) is 1. The number of carbonyl (C=O) groups excluding carboxylic acids is 1. The lowest BCUT2D eigenvalue weighted by molar-refractivity contribution is 0.0948. The van der Waals surface area contributed by atoms with Crippen molar-refractivity contribution in [3.05, 3.63) is 53.7 Å².